The van der Waals surface area contributed by atoms with Gasteiger partial charge in [-0.25, -0.2) is 8.78 Å². The second kappa shape index (κ2) is 8.91. The van der Waals surface area contributed by atoms with Gasteiger partial charge in [-0.05, 0) is 59.3 Å². The summed E-state index contributed by atoms with van der Waals surface area (Å²) < 4.78 is 34.8. The molecule has 1 saturated heterocycles. The Kier molecular flexibility index (Phi) is 7.44. The fraction of sp³-hybridized carbons (Fsp3) is 1.00. The van der Waals surface area contributed by atoms with E-state index in [-0.39, 0.29) is 31.1 Å². The summed E-state index contributed by atoms with van der Waals surface area (Å²) in [4.78, 5) is 4.32. The van der Waals surface area contributed by atoms with Crippen molar-refractivity contribution in [3.63, 3.8) is 0 Å². The summed E-state index contributed by atoms with van der Waals surface area (Å²) in [6, 6.07) is 0.510. The van der Waals surface area contributed by atoms with Gasteiger partial charge in [-0.2, -0.15) is 0 Å². The third-order valence-corrected chi connectivity index (χ3v) is 5.44. The van der Waals surface area contributed by atoms with E-state index < -0.39 is 5.92 Å². The van der Waals surface area contributed by atoms with Crippen molar-refractivity contribution in [3.8, 4) is 0 Å². The Labute approximate surface area is 146 Å². The lowest BCUT2D eigenvalue weighted by atomic mass is 9.83. The van der Waals surface area contributed by atoms with Crippen LogP contribution in [0.2, 0.25) is 0 Å². The first-order chi connectivity index (χ1) is 11.2. The molecule has 0 aromatic heterocycles. The van der Waals surface area contributed by atoms with Crippen molar-refractivity contribution in [2.24, 2.45) is 5.92 Å². The van der Waals surface area contributed by atoms with Crippen LogP contribution in [0, 0.1) is 5.92 Å². The lowest BCUT2D eigenvalue weighted by Crippen LogP contribution is -2.51. The molecule has 0 radical (unpaired) electrons. The van der Waals surface area contributed by atoms with Gasteiger partial charge in [0.15, 0.2) is 0 Å². The largest absolute Gasteiger partial charge is 0.376 e. The second-order valence-corrected chi connectivity index (χ2v) is 8.29. The second-order valence-electron chi connectivity index (χ2n) is 8.29. The fourth-order valence-corrected chi connectivity index (χ4v) is 4.11. The molecule has 24 heavy (non-hydrogen) atoms. The highest BCUT2D eigenvalue weighted by Crippen LogP contribution is 2.35. The van der Waals surface area contributed by atoms with Crippen LogP contribution in [0.15, 0.2) is 0 Å². The van der Waals surface area contributed by atoms with Crippen LogP contribution in [0.3, 0.4) is 0 Å². The third kappa shape index (κ3) is 6.57. The zero-order valence-corrected chi connectivity index (χ0v) is 15.9. The Balaban J connectivity index is 1.70. The van der Waals surface area contributed by atoms with Crippen molar-refractivity contribution in [1.29, 1.82) is 0 Å². The first-order valence-electron chi connectivity index (χ1n) is 9.75. The van der Waals surface area contributed by atoms with Crippen LogP contribution < -0.4 is 0 Å². The molecule has 2 aliphatic rings. The highest BCUT2D eigenvalue weighted by molar-refractivity contribution is 4.83. The molecule has 0 aromatic rings. The monoisotopic (exact) mass is 346 g/mol. The summed E-state index contributed by atoms with van der Waals surface area (Å²) in [5, 5.41) is 0. The lowest BCUT2D eigenvalue weighted by molar-refractivity contribution is -0.0731. The van der Waals surface area contributed by atoms with Crippen molar-refractivity contribution in [2.75, 3.05) is 32.7 Å². The zero-order valence-electron chi connectivity index (χ0n) is 15.9. The lowest BCUT2D eigenvalue weighted by Gasteiger charge is -2.39. The molecule has 0 spiro atoms. The van der Waals surface area contributed by atoms with E-state index >= 15 is 0 Å². The van der Waals surface area contributed by atoms with E-state index in [0.717, 1.165) is 51.9 Å². The normalized spacial score (nSPS) is 28.0. The van der Waals surface area contributed by atoms with Gasteiger partial charge in [0.05, 0.1) is 18.8 Å². The van der Waals surface area contributed by atoms with Gasteiger partial charge >= 0.3 is 0 Å². The van der Waals surface area contributed by atoms with Gasteiger partial charge < -0.3 is 4.74 Å². The quantitative estimate of drug-likeness (QED) is 0.692. The molecule has 0 unspecified atom stereocenters. The maximum Gasteiger partial charge on any atom is 0.260 e. The average molecular weight is 347 g/mol. The Morgan fingerprint density at radius 1 is 0.958 bits per heavy atom. The van der Waals surface area contributed by atoms with Crippen LogP contribution in [0.25, 0.3) is 0 Å². The van der Waals surface area contributed by atoms with Crippen molar-refractivity contribution >= 4 is 0 Å². The molecule has 0 bridgehead atoms. The SMILES string of the molecule is CC(C)OC1CCC(CC(F)(F)CN2CCN(C(C)C)CC2)CC1. The number of ether oxygens (including phenoxy) is 1. The van der Waals surface area contributed by atoms with Crippen molar-refractivity contribution in [2.45, 2.75) is 84.0 Å². The Bertz CT molecular complexity index is 360. The third-order valence-electron chi connectivity index (χ3n) is 5.44. The van der Waals surface area contributed by atoms with Crippen molar-refractivity contribution < 1.29 is 13.5 Å². The molecular weight excluding hydrogens is 310 g/mol. The number of nitrogens with zero attached hydrogens (tertiary/aromatic N) is 2. The molecular formula is C19H36F2N2O. The van der Waals surface area contributed by atoms with E-state index in [1.165, 1.54) is 0 Å². The fourth-order valence-electron chi connectivity index (χ4n) is 4.11. The van der Waals surface area contributed by atoms with Crippen LogP contribution in [-0.4, -0.2) is 66.7 Å². The van der Waals surface area contributed by atoms with Gasteiger partial charge in [-0.15, -0.1) is 0 Å². The molecule has 0 atom stereocenters. The van der Waals surface area contributed by atoms with Gasteiger partial charge in [0.2, 0.25) is 0 Å². The van der Waals surface area contributed by atoms with Crippen LogP contribution >= 0.6 is 0 Å². The van der Waals surface area contributed by atoms with Gasteiger partial charge in [0.1, 0.15) is 0 Å². The average Bonchev–Trinajstić information content (AvgIpc) is 2.48. The van der Waals surface area contributed by atoms with Crippen LogP contribution in [0.1, 0.15) is 59.8 Å². The number of alkyl halides is 2. The van der Waals surface area contributed by atoms with Crippen LogP contribution in [0.5, 0.6) is 0 Å². The molecule has 142 valence electrons. The molecule has 1 saturated carbocycles. The number of piperazine rings is 1. The summed E-state index contributed by atoms with van der Waals surface area (Å²) in [5.41, 5.74) is 0. The highest BCUT2D eigenvalue weighted by atomic mass is 19.3. The Morgan fingerprint density at radius 2 is 1.54 bits per heavy atom. The van der Waals surface area contributed by atoms with Gasteiger partial charge in [0, 0.05) is 38.6 Å². The van der Waals surface area contributed by atoms with Crippen LogP contribution in [0.4, 0.5) is 8.78 Å². The summed E-state index contributed by atoms with van der Waals surface area (Å²) in [7, 11) is 0. The van der Waals surface area contributed by atoms with E-state index in [0.29, 0.717) is 6.04 Å². The van der Waals surface area contributed by atoms with Crippen molar-refractivity contribution in [3.05, 3.63) is 0 Å². The topological polar surface area (TPSA) is 15.7 Å². The van der Waals surface area contributed by atoms with E-state index in [4.69, 9.17) is 4.74 Å². The van der Waals surface area contributed by atoms with E-state index in [1.54, 1.807) is 0 Å². The highest BCUT2D eigenvalue weighted by Gasteiger charge is 2.37. The molecule has 5 heteroatoms. The smallest absolute Gasteiger partial charge is 0.260 e. The zero-order chi connectivity index (χ0) is 17.7. The predicted octanol–water partition coefficient (Wildman–Crippen LogP) is 4.02. The van der Waals surface area contributed by atoms with E-state index in [2.05, 4.69) is 18.7 Å². The standard InChI is InChI=1S/C19H36F2N2O/c1-15(2)23-11-9-22(10-12-23)14-19(20,21)13-17-5-7-18(8-6-17)24-16(3)4/h15-18H,5-14H2,1-4H3. The molecule has 2 fully saturated rings. The molecule has 1 aliphatic carbocycles. The summed E-state index contributed by atoms with van der Waals surface area (Å²) in [5.74, 6) is -2.40. The molecule has 0 aromatic carbocycles. The molecule has 1 heterocycles. The molecule has 3 nitrogen and oxygen atoms in total. The number of halogens is 2. The Morgan fingerprint density at radius 3 is 2.04 bits per heavy atom. The summed E-state index contributed by atoms with van der Waals surface area (Å²) >= 11 is 0. The minimum Gasteiger partial charge on any atom is -0.376 e. The first-order valence-corrected chi connectivity index (χ1v) is 9.75. The molecule has 0 amide bonds. The number of hydrogen-bond acceptors (Lipinski definition) is 3. The minimum atomic E-state index is -2.56. The van der Waals surface area contributed by atoms with E-state index in [9.17, 15) is 8.78 Å². The van der Waals surface area contributed by atoms with Crippen LogP contribution in [-0.2, 0) is 4.74 Å². The van der Waals surface area contributed by atoms with Gasteiger partial charge in [0.25, 0.3) is 5.92 Å². The number of hydrogen-bond donors (Lipinski definition) is 0. The van der Waals surface area contributed by atoms with Gasteiger partial charge in [-0.3, -0.25) is 9.80 Å². The maximum atomic E-state index is 14.5. The van der Waals surface area contributed by atoms with E-state index in [1.807, 2.05) is 18.7 Å². The molecule has 2 rings (SSSR count). The molecule has 1 aliphatic heterocycles. The maximum absolute atomic E-state index is 14.5. The number of rotatable bonds is 7. The molecule has 0 N–H and O–H groups in total. The van der Waals surface area contributed by atoms with Crippen molar-refractivity contribution in [1.82, 2.24) is 9.80 Å². The minimum absolute atomic E-state index is 0.0474. The first kappa shape index (κ1) is 20.1. The Hall–Kier alpha value is -0.260. The summed E-state index contributed by atoms with van der Waals surface area (Å²) in [6.07, 6.45) is 4.20. The predicted molar refractivity (Wildman–Crippen MR) is 94.7 cm³/mol. The van der Waals surface area contributed by atoms with Gasteiger partial charge in [-0.1, -0.05) is 0 Å². The summed E-state index contributed by atoms with van der Waals surface area (Å²) in [6.45, 7) is 11.7.